The number of benzene rings is 2. The first-order valence-electron chi connectivity index (χ1n) is 10.7. The lowest BCUT2D eigenvalue weighted by molar-refractivity contribution is -0.118. The van der Waals surface area contributed by atoms with E-state index in [9.17, 15) is 9.59 Å². The highest BCUT2D eigenvalue weighted by Crippen LogP contribution is 2.19. The maximum Gasteiger partial charge on any atom is 0.282 e. The topological polar surface area (TPSA) is 81.8 Å². The molecule has 7 nitrogen and oxygen atoms in total. The van der Waals surface area contributed by atoms with Crippen LogP contribution in [0.25, 0.3) is 11.0 Å². The molecule has 0 fully saturated rings. The van der Waals surface area contributed by atoms with Crippen LogP contribution < -0.4 is 10.9 Å². The predicted molar refractivity (Wildman–Crippen MR) is 132 cm³/mol. The van der Waals surface area contributed by atoms with Crippen molar-refractivity contribution in [1.29, 1.82) is 0 Å². The van der Waals surface area contributed by atoms with Crippen molar-refractivity contribution in [3.63, 3.8) is 0 Å². The number of thioether (sulfide) groups is 1. The average Bonchev–Trinajstić information content (AvgIpc) is 3.26. The van der Waals surface area contributed by atoms with Crippen LogP contribution in [-0.4, -0.2) is 31.0 Å². The van der Waals surface area contributed by atoms with Gasteiger partial charge in [0.25, 0.3) is 5.56 Å². The Morgan fingerprint density at radius 1 is 1.12 bits per heavy atom. The third kappa shape index (κ3) is 5.64. The van der Waals surface area contributed by atoms with Gasteiger partial charge in [-0.1, -0.05) is 71.9 Å². The minimum absolute atomic E-state index is 0.135. The number of aromatic nitrogens is 4. The Labute approximate surface area is 200 Å². The van der Waals surface area contributed by atoms with Crippen LogP contribution in [0.2, 0.25) is 5.02 Å². The third-order valence-electron chi connectivity index (χ3n) is 5.19. The van der Waals surface area contributed by atoms with E-state index >= 15 is 0 Å². The summed E-state index contributed by atoms with van der Waals surface area (Å²) in [4.78, 5) is 30.4. The highest BCUT2D eigenvalue weighted by atomic mass is 35.5. The lowest BCUT2D eigenvalue weighted by Gasteiger charge is -2.12. The minimum Gasteiger partial charge on any atom is -0.351 e. The number of nitrogens with zero attached hydrogens (tertiary/aromatic N) is 4. The summed E-state index contributed by atoms with van der Waals surface area (Å²) in [5.41, 5.74) is 2.66. The second-order valence-corrected chi connectivity index (χ2v) is 8.81. The zero-order valence-electron chi connectivity index (χ0n) is 18.2. The Bertz CT molecular complexity index is 1320. The molecule has 4 rings (SSSR count). The molecule has 0 spiro atoms. The van der Waals surface area contributed by atoms with Crippen molar-refractivity contribution in [2.24, 2.45) is 0 Å². The molecule has 0 atom stereocenters. The Hall–Kier alpha value is -3.10. The molecule has 2 aromatic carbocycles. The van der Waals surface area contributed by atoms with Crippen LogP contribution in [0.3, 0.4) is 0 Å². The van der Waals surface area contributed by atoms with Crippen LogP contribution in [0.4, 0.5) is 0 Å². The number of carbonyl (C=O) groups excluding carboxylic acids is 1. The standard InChI is InChI=1S/C24H24ClN5O2S/c1-2-29-15-20-22(28-29)23(32)30(13-12-17-8-4-3-5-9-17)24(27-20)33-16-21(31)26-14-18-10-6-7-11-19(18)25/h3-11,15H,2,12-14,16H2,1H3,(H,26,31). The summed E-state index contributed by atoms with van der Waals surface area (Å²) in [7, 11) is 0. The van der Waals surface area contributed by atoms with Gasteiger partial charge >= 0.3 is 0 Å². The number of halogens is 1. The molecular formula is C24H24ClN5O2S. The van der Waals surface area contributed by atoms with Crippen molar-refractivity contribution < 1.29 is 4.79 Å². The third-order valence-corrected chi connectivity index (χ3v) is 6.54. The lowest BCUT2D eigenvalue weighted by atomic mass is 10.1. The zero-order valence-corrected chi connectivity index (χ0v) is 19.8. The minimum atomic E-state index is -0.192. The molecule has 170 valence electrons. The zero-order chi connectivity index (χ0) is 23.2. The molecule has 4 aromatic rings. The van der Waals surface area contributed by atoms with E-state index < -0.39 is 0 Å². The molecular weight excluding hydrogens is 458 g/mol. The molecule has 33 heavy (non-hydrogen) atoms. The molecule has 0 bridgehead atoms. The Morgan fingerprint density at radius 3 is 2.64 bits per heavy atom. The fourth-order valence-corrected chi connectivity index (χ4v) is 4.45. The highest BCUT2D eigenvalue weighted by Gasteiger charge is 2.16. The molecule has 0 saturated carbocycles. The second-order valence-electron chi connectivity index (χ2n) is 7.46. The summed E-state index contributed by atoms with van der Waals surface area (Å²) in [5.74, 6) is -0.0246. The van der Waals surface area contributed by atoms with Crippen molar-refractivity contribution in [3.8, 4) is 0 Å². The van der Waals surface area contributed by atoms with Gasteiger partial charge in [0.15, 0.2) is 10.7 Å². The SMILES string of the molecule is CCn1cc2nc(SCC(=O)NCc3ccccc3Cl)n(CCc3ccccc3)c(=O)c2n1. The van der Waals surface area contributed by atoms with Crippen LogP contribution in [-0.2, 0) is 30.8 Å². The van der Waals surface area contributed by atoms with Crippen molar-refractivity contribution in [2.75, 3.05) is 5.75 Å². The van der Waals surface area contributed by atoms with Gasteiger partial charge in [-0.2, -0.15) is 5.10 Å². The summed E-state index contributed by atoms with van der Waals surface area (Å²) in [6, 6.07) is 17.3. The monoisotopic (exact) mass is 481 g/mol. The van der Waals surface area contributed by atoms with Gasteiger partial charge in [-0.25, -0.2) is 4.98 Å². The van der Waals surface area contributed by atoms with Crippen molar-refractivity contribution in [3.05, 3.63) is 87.3 Å². The van der Waals surface area contributed by atoms with Gasteiger partial charge in [0.05, 0.1) is 11.9 Å². The quantitative estimate of drug-likeness (QED) is 0.289. The fraction of sp³-hybridized carbons (Fsp3) is 0.250. The molecule has 9 heteroatoms. The molecule has 0 aliphatic heterocycles. The number of nitrogens with one attached hydrogen (secondary N) is 1. The molecule has 0 radical (unpaired) electrons. The van der Waals surface area contributed by atoms with Gasteiger partial charge in [0.1, 0.15) is 5.52 Å². The predicted octanol–water partition coefficient (Wildman–Crippen LogP) is 3.92. The first-order valence-corrected chi connectivity index (χ1v) is 12.1. The summed E-state index contributed by atoms with van der Waals surface area (Å²) >= 11 is 7.41. The smallest absolute Gasteiger partial charge is 0.282 e. The summed E-state index contributed by atoms with van der Waals surface area (Å²) < 4.78 is 3.32. The molecule has 2 heterocycles. The number of fused-ring (bicyclic) bond motifs is 1. The van der Waals surface area contributed by atoms with E-state index in [0.29, 0.717) is 47.3 Å². The van der Waals surface area contributed by atoms with Crippen LogP contribution >= 0.6 is 23.4 Å². The molecule has 2 aromatic heterocycles. The maximum absolute atomic E-state index is 13.2. The van der Waals surface area contributed by atoms with Gasteiger partial charge in [0, 0.05) is 24.7 Å². The van der Waals surface area contributed by atoms with Crippen LogP contribution in [0.1, 0.15) is 18.1 Å². The molecule has 1 amide bonds. The van der Waals surface area contributed by atoms with E-state index in [-0.39, 0.29) is 17.2 Å². The molecule has 0 unspecified atom stereocenters. The van der Waals surface area contributed by atoms with E-state index in [1.54, 1.807) is 21.5 Å². The summed E-state index contributed by atoms with van der Waals surface area (Å²) in [6.45, 7) is 3.40. The number of carbonyl (C=O) groups is 1. The molecule has 1 N–H and O–H groups in total. The van der Waals surface area contributed by atoms with Crippen LogP contribution in [0, 0.1) is 0 Å². The van der Waals surface area contributed by atoms with Crippen molar-refractivity contribution >= 4 is 40.3 Å². The van der Waals surface area contributed by atoms with E-state index in [1.165, 1.54) is 11.8 Å². The van der Waals surface area contributed by atoms with E-state index in [2.05, 4.69) is 15.4 Å². The molecule has 0 aliphatic carbocycles. The van der Waals surface area contributed by atoms with E-state index in [0.717, 1.165) is 11.1 Å². The van der Waals surface area contributed by atoms with E-state index in [1.807, 2.05) is 55.5 Å². The normalized spacial score (nSPS) is 11.1. The molecule has 0 aliphatic rings. The first-order chi connectivity index (χ1) is 16.0. The second kappa shape index (κ2) is 10.7. The average molecular weight is 482 g/mol. The summed E-state index contributed by atoms with van der Waals surface area (Å²) in [6.07, 6.45) is 2.44. The first kappa shape index (κ1) is 23.1. The van der Waals surface area contributed by atoms with Gasteiger partial charge in [-0.05, 0) is 30.5 Å². The summed E-state index contributed by atoms with van der Waals surface area (Å²) in [5, 5.41) is 8.37. The van der Waals surface area contributed by atoms with Crippen LogP contribution in [0.5, 0.6) is 0 Å². The van der Waals surface area contributed by atoms with Gasteiger partial charge < -0.3 is 5.32 Å². The fourth-order valence-electron chi connectivity index (χ4n) is 3.39. The van der Waals surface area contributed by atoms with Crippen LogP contribution in [0.15, 0.2) is 70.7 Å². The number of rotatable bonds is 9. The highest BCUT2D eigenvalue weighted by molar-refractivity contribution is 7.99. The lowest BCUT2D eigenvalue weighted by Crippen LogP contribution is -2.27. The largest absolute Gasteiger partial charge is 0.351 e. The van der Waals surface area contributed by atoms with Gasteiger partial charge in [0.2, 0.25) is 5.91 Å². The van der Waals surface area contributed by atoms with Gasteiger partial charge in [-0.15, -0.1) is 0 Å². The van der Waals surface area contributed by atoms with Gasteiger partial charge in [-0.3, -0.25) is 18.8 Å². The number of aryl methyl sites for hydroxylation is 2. The molecule has 0 saturated heterocycles. The van der Waals surface area contributed by atoms with Crippen molar-refractivity contribution in [1.82, 2.24) is 24.6 Å². The Morgan fingerprint density at radius 2 is 1.88 bits per heavy atom. The number of amides is 1. The Kier molecular flexibility index (Phi) is 7.47. The van der Waals surface area contributed by atoms with Crippen molar-refractivity contribution in [2.45, 2.75) is 38.1 Å². The maximum atomic E-state index is 13.2. The van der Waals surface area contributed by atoms with E-state index in [4.69, 9.17) is 11.6 Å². The number of hydrogen-bond donors (Lipinski definition) is 1. The Balaban J connectivity index is 1.52. The number of hydrogen-bond acceptors (Lipinski definition) is 5.